The molecule has 0 bridgehead atoms. The molecule has 90 valence electrons. The molecule has 3 nitrogen and oxygen atoms in total. The van der Waals surface area contributed by atoms with E-state index in [9.17, 15) is 10.2 Å². The summed E-state index contributed by atoms with van der Waals surface area (Å²) in [5.74, 6) is 0. The average Bonchev–Trinajstić information content (AvgIpc) is 2.30. The first kappa shape index (κ1) is 13.6. The molecule has 1 rings (SSSR count). The van der Waals surface area contributed by atoms with Crippen molar-refractivity contribution >= 4 is 15.9 Å². The van der Waals surface area contributed by atoms with E-state index in [1.165, 1.54) is 0 Å². The molecule has 2 unspecified atom stereocenters. The first-order valence-corrected chi connectivity index (χ1v) is 6.52. The Morgan fingerprint density at radius 3 is 2.31 bits per heavy atom. The second-order valence-corrected chi connectivity index (χ2v) is 4.56. The van der Waals surface area contributed by atoms with E-state index < -0.39 is 12.2 Å². The SMILES string of the molecule is NCCc1ccc(C(O)C(O)CCBr)cc1. The van der Waals surface area contributed by atoms with Crippen molar-refractivity contribution in [2.75, 3.05) is 11.9 Å². The lowest BCUT2D eigenvalue weighted by Crippen LogP contribution is -2.18. The van der Waals surface area contributed by atoms with Gasteiger partial charge in [0.25, 0.3) is 0 Å². The number of hydrogen-bond acceptors (Lipinski definition) is 3. The van der Waals surface area contributed by atoms with Gasteiger partial charge in [-0.15, -0.1) is 0 Å². The molecular formula is C12H18BrNO2. The molecule has 0 saturated heterocycles. The highest BCUT2D eigenvalue weighted by Gasteiger charge is 2.17. The maximum atomic E-state index is 9.85. The Morgan fingerprint density at radius 2 is 1.81 bits per heavy atom. The summed E-state index contributed by atoms with van der Waals surface area (Å²) in [7, 11) is 0. The van der Waals surface area contributed by atoms with Crippen LogP contribution in [0.4, 0.5) is 0 Å². The van der Waals surface area contributed by atoms with Crippen LogP contribution >= 0.6 is 15.9 Å². The van der Waals surface area contributed by atoms with Crippen molar-refractivity contribution in [2.45, 2.75) is 25.0 Å². The number of aliphatic hydroxyl groups excluding tert-OH is 2. The lowest BCUT2D eigenvalue weighted by molar-refractivity contribution is 0.0173. The van der Waals surface area contributed by atoms with Crippen LogP contribution in [-0.2, 0) is 6.42 Å². The topological polar surface area (TPSA) is 66.5 Å². The van der Waals surface area contributed by atoms with Crippen LogP contribution in [0.3, 0.4) is 0 Å². The van der Waals surface area contributed by atoms with Gasteiger partial charge in [-0.05, 0) is 30.5 Å². The van der Waals surface area contributed by atoms with Crippen LogP contribution in [0.25, 0.3) is 0 Å². The van der Waals surface area contributed by atoms with Crippen LogP contribution in [-0.4, -0.2) is 28.2 Å². The number of rotatable bonds is 6. The minimum atomic E-state index is -0.815. The molecule has 0 aromatic heterocycles. The summed E-state index contributed by atoms with van der Waals surface area (Å²) in [5.41, 5.74) is 7.34. The van der Waals surface area contributed by atoms with Gasteiger partial charge in [0, 0.05) is 5.33 Å². The zero-order valence-corrected chi connectivity index (χ0v) is 10.7. The molecule has 0 saturated carbocycles. The number of nitrogens with two attached hydrogens (primary N) is 1. The smallest absolute Gasteiger partial charge is 0.105 e. The third-order valence-electron chi connectivity index (χ3n) is 2.52. The van der Waals surface area contributed by atoms with E-state index in [1.54, 1.807) is 0 Å². The van der Waals surface area contributed by atoms with Crippen LogP contribution in [0, 0.1) is 0 Å². The van der Waals surface area contributed by atoms with Crippen molar-refractivity contribution in [3.63, 3.8) is 0 Å². The van der Waals surface area contributed by atoms with Gasteiger partial charge in [0.15, 0.2) is 0 Å². The molecule has 16 heavy (non-hydrogen) atoms. The first-order valence-electron chi connectivity index (χ1n) is 5.40. The van der Waals surface area contributed by atoms with Gasteiger partial charge < -0.3 is 15.9 Å². The van der Waals surface area contributed by atoms with E-state index in [4.69, 9.17) is 5.73 Å². The highest BCUT2D eigenvalue weighted by atomic mass is 79.9. The third kappa shape index (κ3) is 3.87. The fourth-order valence-electron chi connectivity index (χ4n) is 1.54. The van der Waals surface area contributed by atoms with Crippen molar-refractivity contribution in [1.82, 2.24) is 0 Å². The van der Waals surface area contributed by atoms with Gasteiger partial charge in [-0.25, -0.2) is 0 Å². The summed E-state index contributed by atoms with van der Waals surface area (Å²) in [6, 6.07) is 7.55. The summed E-state index contributed by atoms with van der Waals surface area (Å²) in [6.07, 6.45) is -0.171. The molecule has 0 radical (unpaired) electrons. The monoisotopic (exact) mass is 287 g/mol. The number of halogens is 1. The number of benzene rings is 1. The molecular weight excluding hydrogens is 270 g/mol. The minimum Gasteiger partial charge on any atom is -0.390 e. The summed E-state index contributed by atoms with van der Waals surface area (Å²) >= 11 is 3.24. The van der Waals surface area contributed by atoms with E-state index in [1.807, 2.05) is 24.3 Å². The molecule has 0 fully saturated rings. The zero-order valence-electron chi connectivity index (χ0n) is 9.14. The van der Waals surface area contributed by atoms with Crippen LogP contribution in [0.1, 0.15) is 23.7 Å². The summed E-state index contributed by atoms with van der Waals surface area (Å²) in [4.78, 5) is 0. The molecule has 0 aliphatic carbocycles. The van der Waals surface area contributed by atoms with Crippen molar-refractivity contribution in [3.8, 4) is 0 Å². The maximum absolute atomic E-state index is 9.85. The van der Waals surface area contributed by atoms with E-state index in [0.717, 1.165) is 17.5 Å². The Bertz CT molecular complexity index is 302. The molecule has 1 aromatic rings. The lowest BCUT2D eigenvalue weighted by Gasteiger charge is -2.17. The summed E-state index contributed by atoms with van der Waals surface area (Å²) in [6.45, 7) is 0.619. The predicted octanol–water partition coefficient (Wildman–Crippen LogP) is 1.37. The molecule has 0 amide bonds. The maximum Gasteiger partial charge on any atom is 0.105 e. The Morgan fingerprint density at radius 1 is 1.19 bits per heavy atom. The highest BCUT2D eigenvalue weighted by Crippen LogP contribution is 2.20. The second kappa shape index (κ2) is 7.01. The number of alkyl halides is 1. The van der Waals surface area contributed by atoms with Gasteiger partial charge >= 0.3 is 0 Å². The quantitative estimate of drug-likeness (QED) is 0.693. The van der Waals surface area contributed by atoms with Crippen molar-refractivity contribution < 1.29 is 10.2 Å². The van der Waals surface area contributed by atoms with Crippen molar-refractivity contribution in [1.29, 1.82) is 0 Å². The third-order valence-corrected chi connectivity index (χ3v) is 2.98. The first-order chi connectivity index (χ1) is 7.69. The lowest BCUT2D eigenvalue weighted by atomic mass is 10.0. The molecule has 0 aliphatic rings. The van der Waals surface area contributed by atoms with Gasteiger partial charge in [0.2, 0.25) is 0 Å². The number of hydrogen-bond donors (Lipinski definition) is 3. The molecule has 2 atom stereocenters. The normalized spacial score (nSPS) is 14.8. The van der Waals surface area contributed by atoms with Gasteiger partial charge in [0.05, 0.1) is 6.10 Å². The van der Waals surface area contributed by atoms with Crippen molar-refractivity contribution in [2.24, 2.45) is 5.73 Å². The summed E-state index contributed by atoms with van der Waals surface area (Å²) < 4.78 is 0. The van der Waals surface area contributed by atoms with E-state index in [-0.39, 0.29) is 0 Å². The fraction of sp³-hybridized carbons (Fsp3) is 0.500. The second-order valence-electron chi connectivity index (χ2n) is 3.77. The number of aliphatic hydroxyl groups is 2. The average molecular weight is 288 g/mol. The van der Waals surface area contributed by atoms with E-state index in [0.29, 0.717) is 18.3 Å². The molecule has 4 N–H and O–H groups in total. The largest absolute Gasteiger partial charge is 0.390 e. The Hall–Kier alpha value is -0.420. The van der Waals surface area contributed by atoms with Crippen molar-refractivity contribution in [3.05, 3.63) is 35.4 Å². The minimum absolute atomic E-state index is 0.533. The van der Waals surface area contributed by atoms with Crippen LogP contribution in [0.5, 0.6) is 0 Å². The zero-order chi connectivity index (χ0) is 12.0. The molecule has 4 heteroatoms. The Labute approximate surface area is 104 Å². The molecule has 0 aliphatic heterocycles. The van der Waals surface area contributed by atoms with Crippen LogP contribution < -0.4 is 5.73 Å². The van der Waals surface area contributed by atoms with Crippen LogP contribution in [0.2, 0.25) is 0 Å². The fourth-order valence-corrected chi connectivity index (χ4v) is 2.01. The van der Waals surface area contributed by atoms with Crippen LogP contribution in [0.15, 0.2) is 24.3 Å². The Kier molecular flexibility index (Phi) is 5.98. The molecule has 1 aromatic carbocycles. The highest BCUT2D eigenvalue weighted by molar-refractivity contribution is 9.09. The van der Waals surface area contributed by atoms with Gasteiger partial charge in [-0.2, -0.15) is 0 Å². The van der Waals surface area contributed by atoms with E-state index in [2.05, 4.69) is 15.9 Å². The summed E-state index contributed by atoms with van der Waals surface area (Å²) in [5, 5.41) is 20.2. The van der Waals surface area contributed by atoms with Gasteiger partial charge in [-0.1, -0.05) is 40.2 Å². The van der Waals surface area contributed by atoms with Gasteiger partial charge in [-0.3, -0.25) is 0 Å². The predicted molar refractivity (Wildman–Crippen MR) is 68.6 cm³/mol. The van der Waals surface area contributed by atoms with E-state index >= 15 is 0 Å². The molecule has 0 heterocycles. The Balaban J connectivity index is 2.65. The standard InChI is InChI=1S/C12H18BrNO2/c13-7-5-11(15)12(16)10-3-1-9(2-4-10)6-8-14/h1-4,11-12,15-16H,5-8,14H2. The van der Waals surface area contributed by atoms with Gasteiger partial charge in [0.1, 0.15) is 6.10 Å². The molecule has 0 spiro atoms.